The molecule has 15 heavy (non-hydrogen) atoms. The Bertz CT molecular complexity index is 359. The van der Waals surface area contributed by atoms with E-state index >= 15 is 0 Å². The van der Waals surface area contributed by atoms with Gasteiger partial charge >= 0.3 is 0 Å². The first-order valence-electron chi connectivity index (χ1n) is 5.59. The molecule has 1 aromatic rings. The van der Waals surface area contributed by atoms with Crippen molar-refractivity contribution >= 4 is 5.91 Å². The lowest BCUT2D eigenvalue weighted by Crippen LogP contribution is -2.33. The molecule has 0 radical (unpaired) electrons. The highest BCUT2D eigenvalue weighted by atomic mass is 16.2. The first-order valence-corrected chi connectivity index (χ1v) is 5.59. The van der Waals surface area contributed by atoms with Gasteiger partial charge in [-0.1, -0.05) is 24.3 Å². The second kappa shape index (κ2) is 4.47. The maximum atomic E-state index is 11.3. The first-order chi connectivity index (χ1) is 7.27. The van der Waals surface area contributed by atoms with Crippen LogP contribution >= 0.6 is 0 Å². The Morgan fingerprint density at radius 1 is 1.13 bits per heavy atom. The van der Waals surface area contributed by atoms with Gasteiger partial charge in [-0.25, -0.2) is 0 Å². The highest BCUT2D eigenvalue weighted by Gasteiger charge is 2.13. The van der Waals surface area contributed by atoms with E-state index in [2.05, 4.69) is 24.3 Å². The number of rotatable bonds is 0. The highest BCUT2D eigenvalue weighted by Crippen LogP contribution is 2.15. The molecule has 2 rings (SSSR count). The maximum Gasteiger partial charge on any atom is 0.219 e. The van der Waals surface area contributed by atoms with E-state index in [0.717, 1.165) is 32.4 Å². The van der Waals surface area contributed by atoms with Gasteiger partial charge in [0.05, 0.1) is 0 Å². The van der Waals surface area contributed by atoms with Crippen molar-refractivity contribution in [2.75, 3.05) is 13.1 Å². The normalized spacial score (nSPS) is 16.5. The number of amides is 1. The lowest BCUT2D eigenvalue weighted by molar-refractivity contribution is -0.128. The van der Waals surface area contributed by atoms with Crippen LogP contribution in [-0.2, 0) is 17.6 Å². The number of carbonyl (C=O) groups excluding carboxylic acids is 1. The molecular weight excluding hydrogens is 186 g/mol. The smallest absolute Gasteiger partial charge is 0.219 e. The van der Waals surface area contributed by atoms with Crippen LogP contribution in [0.2, 0.25) is 0 Å². The van der Waals surface area contributed by atoms with Gasteiger partial charge in [0.1, 0.15) is 0 Å². The van der Waals surface area contributed by atoms with E-state index in [1.807, 2.05) is 4.90 Å². The molecule has 0 spiro atoms. The Kier molecular flexibility index (Phi) is 3.05. The largest absolute Gasteiger partial charge is 0.343 e. The van der Waals surface area contributed by atoms with Crippen LogP contribution in [0.25, 0.3) is 0 Å². The summed E-state index contributed by atoms with van der Waals surface area (Å²) in [7, 11) is 0. The van der Waals surface area contributed by atoms with Crippen molar-refractivity contribution in [3.05, 3.63) is 35.4 Å². The Hall–Kier alpha value is -1.31. The van der Waals surface area contributed by atoms with Crippen LogP contribution in [-0.4, -0.2) is 23.9 Å². The molecule has 0 N–H and O–H groups in total. The summed E-state index contributed by atoms with van der Waals surface area (Å²) in [5, 5.41) is 0. The second-order valence-corrected chi connectivity index (χ2v) is 4.13. The van der Waals surface area contributed by atoms with Crippen LogP contribution in [0.15, 0.2) is 24.3 Å². The summed E-state index contributed by atoms with van der Waals surface area (Å²) in [6.07, 6.45) is 3.17. The predicted molar refractivity (Wildman–Crippen MR) is 60.7 cm³/mol. The van der Waals surface area contributed by atoms with E-state index in [4.69, 9.17) is 0 Å². The molecule has 1 heterocycles. The summed E-state index contributed by atoms with van der Waals surface area (Å²) in [6, 6.07) is 8.57. The molecule has 1 aliphatic heterocycles. The van der Waals surface area contributed by atoms with Gasteiger partial charge in [0.25, 0.3) is 0 Å². The number of hydrogen-bond donors (Lipinski definition) is 0. The van der Waals surface area contributed by atoms with Crippen LogP contribution in [0.1, 0.15) is 24.5 Å². The van der Waals surface area contributed by atoms with Gasteiger partial charge in [0.15, 0.2) is 0 Å². The molecule has 0 bridgehead atoms. The minimum Gasteiger partial charge on any atom is -0.343 e. The number of carbonyl (C=O) groups is 1. The summed E-state index contributed by atoms with van der Waals surface area (Å²) >= 11 is 0. The molecular formula is C13H17NO. The summed E-state index contributed by atoms with van der Waals surface area (Å²) in [4.78, 5) is 13.3. The Morgan fingerprint density at radius 2 is 1.80 bits per heavy atom. The molecule has 80 valence electrons. The number of nitrogens with zero attached hydrogens (tertiary/aromatic N) is 1. The van der Waals surface area contributed by atoms with E-state index in [1.165, 1.54) is 11.1 Å². The maximum absolute atomic E-state index is 11.3. The van der Waals surface area contributed by atoms with Gasteiger partial charge in [0.2, 0.25) is 5.91 Å². The lowest BCUT2D eigenvalue weighted by Gasteiger charge is -2.24. The fourth-order valence-corrected chi connectivity index (χ4v) is 2.19. The molecule has 0 saturated carbocycles. The zero-order chi connectivity index (χ0) is 10.7. The fourth-order valence-electron chi connectivity index (χ4n) is 2.19. The molecule has 0 atom stereocenters. The van der Waals surface area contributed by atoms with Crippen LogP contribution in [0.4, 0.5) is 0 Å². The Balaban J connectivity index is 2.14. The van der Waals surface area contributed by atoms with Crippen molar-refractivity contribution in [2.45, 2.75) is 26.2 Å². The number of hydrogen-bond acceptors (Lipinski definition) is 1. The van der Waals surface area contributed by atoms with Gasteiger partial charge in [0, 0.05) is 20.0 Å². The first kappa shape index (κ1) is 10.2. The third-order valence-corrected chi connectivity index (χ3v) is 3.09. The molecule has 2 nitrogen and oxygen atoms in total. The molecule has 1 amide bonds. The standard InChI is InChI=1S/C13H17NO/c1-11(15)14-9-4-7-12-5-2-3-6-13(12)8-10-14/h2-3,5-6H,4,7-10H2,1H3. The molecule has 1 aromatic carbocycles. The summed E-state index contributed by atoms with van der Waals surface area (Å²) in [5.41, 5.74) is 2.86. The highest BCUT2D eigenvalue weighted by molar-refractivity contribution is 5.73. The molecule has 2 heteroatoms. The van der Waals surface area contributed by atoms with Crippen molar-refractivity contribution in [1.82, 2.24) is 4.90 Å². The van der Waals surface area contributed by atoms with Crippen LogP contribution in [0.3, 0.4) is 0 Å². The lowest BCUT2D eigenvalue weighted by atomic mass is 9.98. The van der Waals surface area contributed by atoms with E-state index < -0.39 is 0 Å². The minimum absolute atomic E-state index is 0.203. The van der Waals surface area contributed by atoms with Gasteiger partial charge < -0.3 is 4.90 Å². The van der Waals surface area contributed by atoms with Gasteiger partial charge in [-0.05, 0) is 30.4 Å². The summed E-state index contributed by atoms with van der Waals surface area (Å²) in [6.45, 7) is 3.43. The number of fused-ring (bicyclic) bond motifs is 1. The van der Waals surface area contributed by atoms with E-state index in [1.54, 1.807) is 6.92 Å². The van der Waals surface area contributed by atoms with Crippen LogP contribution in [0.5, 0.6) is 0 Å². The topological polar surface area (TPSA) is 20.3 Å². The molecule has 1 aliphatic rings. The molecule has 0 saturated heterocycles. The van der Waals surface area contributed by atoms with Gasteiger partial charge in [-0.15, -0.1) is 0 Å². The molecule has 0 unspecified atom stereocenters. The van der Waals surface area contributed by atoms with Crippen molar-refractivity contribution in [2.24, 2.45) is 0 Å². The third kappa shape index (κ3) is 2.38. The second-order valence-electron chi connectivity index (χ2n) is 4.13. The van der Waals surface area contributed by atoms with Crippen molar-refractivity contribution in [3.8, 4) is 0 Å². The summed E-state index contributed by atoms with van der Waals surface area (Å²) < 4.78 is 0. The predicted octanol–water partition coefficient (Wildman–Crippen LogP) is 2.02. The number of benzene rings is 1. The van der Waals surface area contributed by atoms with E-state index in [9.17, 15) is 4.79 Å². The zero-order valence-corrected chi connectivity index (χ0v) is 9.20. The Morgan fingerprint density at radius 3 is 2.47 bits per heavy atom. The minimum atomic E-state index is 0.203. The molecule has 0 fully saturated rings. The van der Waals surface area contributed by atoms with E-state index in [0.29, 0.717) is 0 Å². The third-order valence-electron chi connectivity index (χ3n) is 3.09. The fraction of sp³-hybridized carbons (Fsp3) is 0.462. The van der Waals surface area contributed by atoms with E-state index in [-0.39, 0.29) is 5.91 Å². The van der Waals surface area contributed by atoms with Gasteiger partial charge in [-0.2, -0.15) is 0 Å². The molecule has 0 aliphatic carbocycles. The SMILES string of the molecule is CC(=O)N1CCCc2ccccc2CC1. The number of aryl methyl sites for hydroxylation is 1. The summed E-state index contributed by atoms with van der Waals surface area (Å²) in [5.74, 6) is 0.203. The van der Waals surface area contributed by atoms with Crippen molar-refractivity contribution in [1.29, 1.82) is 0 Å². The quantitative estimate of drug-likeness (QED) is 0.631. The monoisotopic (exact) mass is 203 g/mol. The average molecular weight is 203 g/mol. The average Bonchev–Trinajstić information content (AvgIpc) is 2.18. The van der Waals surface area contributed by atoms with Gasteiger partial charge in [-0.3, -0.25) is 4.79 Å². The van der Waals surface area contributed by atoms with Crippen LogP contribution in [0, 0.1) is 0 Å². The van der Waals surface area contributed by atoms with Crippen molar-refractivity contribution in [3.63, 3.8) is 0 Å². The van der Waals surface area contributed by atoms with Crippen LogP contribution < -0.4 is 0 Å². The molecule has 0 aromatic heterocycles. The Labute approximate surface area is 90.9 Å². The zero-order valence-electron chi connectivity index (χ0n) is 9.20. The van der Waals surface area contributed by atoms with Crippen molar-refractivity contribution < 1.29 is 4.79 Å².